The zero-order valence-electron chi connectivity index (χ0n) is 20.2. The first-order valence-corrected chi connectivity index (χ1v) is 11.9. The third kappa shape index (κ3) is 3.80. The minimum absolute atomic E-state index is 0. The fraction of sp³-hybridized carbons (Fsp3) is 0.400. The van der Waals surface area contributed by atoms with E-state index in [1.165, 1.54) is 11.2 Å². The van der Waals surface area contributed by atoms with Crippen molar-refractivity contribution in [2.24, 2.45) is 17.3 Å². The van der Waals surface area contributed by atoms with Gasteiger partial charge in [0.1, 0.15) is 6.33 Å². The molecule has 1 saturated carbocycles. The van der Waals surface area contributed by atoms with Gasteiger partial charge in [-0.25, -0.2) is 18.3 Å². The lowest BCUT2D eigenvalue weighted by molar-refractivity contribution is -0.143. The van der Waals surface area contributed by atoms with Crippen LogP contribution in [-0.4, -0.2) is 61.1 Å². The van der Waals surface area contributed by atoms with Gasteiger partial charge in [-0.05, 0) is 41.7 Å². The number of nitrogens with zero attached hydrogens (tertiary/aromatic N) is 5. The third-order valence-corrected chi connectivity index (χ3v) is 7.81. The maximum Gasteiger partial charge on any atom is 0.282 e. The van der Waals surface area contributed by atoms with Gasteiger partial charge in [0.15, 0.2) is 0 Å². The molecule has 0 bridgehead atoms. The van der Waals surface area contributed by atoms with Crippen molar-refractivity contribution in [3.8, 4) is 11.3 Å². The Morgan fingerprint density at radius 2 is 1.78 bits per heavy atom. The number of aryl methyl sites for hydroxylation is 1. The molecule has 2 aromatic heterocycles. The van der Waals surface area contributed by atoms with Crippen molar-refractivity contribution in [1.29, 1.82) is 0 Å². The van der Waals surface area contributed by atoms with E-state index in [0.717, 1.165) is 4.90 Å². The quantitative estimate of drug-likeness (QED) is 0.459. The molecule has 194 valence electrons. The Morgan fingerprint density at radius 3 is 2.41 bits per heavy atom. The van der Waals surface area contributed by atoms with E-state index in [-0.39, 0.29) is 53.6 Å². The Labute approximate surface area is 222 Å². The summed E-state index contributed by atoms with van der Waals surface area (Å²) in [5.74, 6) is -4.29. The Morgan fingerprint density at radius 1 is 1.14 bits per heavy atom. The molecule has 2 unspecified atom stereocenters. The summed E-state index contributed by atoms with van der Waals surface area (Å²) in [6.45, 7) is 4.37. The number of likely N-dealkylation sites (tertiary alicyclic amines) is 2. The zero-order chi connectivity index (χ0) is 25.7. The van der Waals surface area contributed by atoms with Crippen molar-refractivity contribution < 1.29 is 23.2 Å². The van der Waals surface area contributed by atoms with Crippen LogP contribution in [-0.2, 0) is 16.1 Å². The minimum Gasteiger partial charge on any atom is -0.326 e. The lowest BCUT2D eigenvalue weighted by Crippen LogP contribution is -2.58. The maximum absolute atomic E-state index is 13.5. The number of amides is 3. The fourth-order valence-electron chi connectivity index (χ4n) is 5.65. The molecule has 3 aromatic rings. The zero-order valence-corrected chi connectivity index (χ0v) is 21.7. The molecule has 1 aliphatic carbocycles. The molecule has 12 heteroatoms. The van der Waals surface area contributed by atoms with Crippen LogP contribution in [0.2, 0.25) is 5.02 Å². The van der Waals surface area contributed by atoms with Crippen LogP contribution < -0.4 is 0 Å². The molecule has 8 nitrogen and oxygen atoms in total. The monoisotopic (exact) mass is 549 g/mol. The number of benzene rings is 1. The molecule has 3 fully saturated rings. The molecule has 6 rings (SSSR count). The van der Waals surface area contributed by atoms with E-state index in [2.05, 4.69) is 10.1 Å². The number of rotatable bonds is 4. The molecule has 3 amide bonds. The summed E-state index contributed by atoms with van der Waals surface area (Å²) in [7, 11) is 0. The highest BCUT2D eigenvalue weighted by Gasteiger charge is 2.72. The van der Waals surface area contributed by atoms with E-state index in [9.17, 15) is 23.2 Å². The van der Waals surface area contributed by atoms with E-state index in [4.69, 9.17) is 11.6 Å². The third-order valence-electron chi connectivity index (χ3n) is 7.60. The fourth-order valence-corrected chi connectivity index (χ4v) is 5.92. The summed E-state index contributed by atoms with van der Waals surface area (Å²) < 4.78 is 28.5. The average molecular weight is 550 g/mol. The number of carbonyl (C=O) groups is 3. The molecule has 0 N–H and O–H groups in total. The molecule has 0 spiro atoms. The first-order chi connectivity index (χ1) is 16.9. The number of fused-ring (bicyclic) bond motifs is 2. The maximum atomic E-state index is 13.5. The summed E-state index contributed by atoms with van der Waals surface area (Å²) in [4.78, 5) is 45.5. The van der Waals surface area contributed by atoms with Gasteiger partial charge in [-0.3, -0.25) is 19.3 Å². The van der Waals surface area contributed by atoms with Gasteiger partial charge in [0.25, 0.3) is 11.8 Å². The largest absolute Gasteiger partial charge is 0.326 e. The highest BCUT2D eigenvalue weighted by Crippen LogP contribution is 2.63. The van der Waals surface area contributed by atoms with Gasteiger partial charge in [-0.15, -0.1) is 12.4 Å². The molecular weight excluding hydrogens is 527 g/mol. The van der Waals surface area contributed by atoms with E-state index in [1.807, 2.05) is 13.8 Å². The Hall–Kier alpha value is -3.11. The van der Waals surface area contributed by atoms with Crippen LogP contribution in [0, 0.1) is 24.2 Å². The van der Waals surface area contributed by atoms with Crippen LogP contribution in [0.25, 0.3) is 16.8 Å². The number of halogens is 4. The lowest BCUT2D eigenvalue weighted by atomic mass is 9.96. The van der Waals surface area contributed by atoms with Gasteiger partial charge < -0.3 is 4.90 Å². The Kier molecular flexibility index (Phi) is 5.66. The molecule has 4 heterocycles. The van der Waals surface area contributed by atoms with Crippen molar-refractivity contribution in [3.05, 3.63) is 52.4 Å². The molecule has 37 heavy (non-hydrogen) atoms. The predicted octanol–water partition coefficient (Wildman–Crippen LogP) is 4.01. The number of carbonyl (C=O) groups excluding carboxylic acids is 3. The standard InChI is InChI=1S/C25H22ClF2N5O3.ClH/c1-12-4-14(26)6-15(17(12)21(34)31-9-25(27,28)10-31)20-16-5-13(8-33(16)30-11-29-20)7-32-22(35)18-19(23(32)36)24(18,2)3;/h4-6,8,11,18-19H,7,9-10H2,1-3H3;1H. The predicted molar refractivity (Wildman–Crippen MR) is 133 cm³/mol. The number of hydrogen-bond acceptors (Lipinski definition) is 5. The average Bonchev–Trinajstić information content (AvgIpc) is 3.02. The molecule has 1 aromatic carbocycles. The summed E-state index contributed by atoms with van der Waals surface area (Å²) >= 11 is 6.32. The molecule has 2 atom stereocenters. The molecular formula is C25H23Cl2F2N5O3. The first kappa shape index (κ1) is 25.5. The van der Waals surface area contributed by atoms with Crippen LogP contribution >= 0.6 is 24.0 Å². The van der Waals surface area contributed by atoms with Crippen LogP contribution in [0.5, 0.6) is 0 Å². The topological polar surface area (TPSA) is 87.9 Å². The molecule has 2 aliphatic heterocycles. The highest BCUT2D eigenvalue weighted by atomic mass is 35.5. The van der Waals surface area contributed by atoms with Crippen LogP contribution in [0.15, 0.2) is 30.7 Å². The van der Waals surface area contributed by atoms with E-state index in [0.29, 0.717) is 32.9 Å². The van der Waals surface area contributed by atoms with Gasteiger partial charge in [0, 0.05) is 16.8 Å². The van der Waals surface area contributed by atoms with Gasteiger partial charge >= 0.3 is 0 Å². The number of aromatic nitrogens is 3. The van der Waals surface area contributed by atoms with Gasteiger partial charge in [-0.2, -0.15) is 5.10 Å². The molecule has 3 aliphatic rings. The number of piperidine rings is 1. The van der Waals surface area contributed by atoms with Crippen molar-refractivity contribution in [3.63, 3.8) is 0 Å². The minimum atomic E-state index is -2.89. The summed E-state index contributed by atoms with van der Waals surface area (Å²) in [6, 6.07) is 4.95. The second-order valence-corrected chi connectivity index (χ2v) is 10.9. The van der Waals surface area contributed by atoms with Crippen molar-refractivity contribution in [2.75, 3.05) is 13.1 Å². The highest BCUT2D eigenvalue weighted by molar-refractivity contribution is 6.31. The van der Waals surface area contributed by atoms with Crippen molar-refractivity contribution in [1.82, 2.24) is 24.4 Å². The number of imide groups is 1. The van der Waals surface area contributed by atoms with E-state index in [1.54, 1.807) is 35.8 Å². The van der Waals surface area contributed by atoms with Crippen LogP contribution in [0.1, 0.15) is 35.3 Å². The van der Waals surface area contributed by atoms with E-state index >= 15 is 0 Å². The summed E-state index contributed by atoms with van der Waals surface area (Å²) in [6.07, 6.45) is 3.02. The summed E-state index contributed by atoms with van der Waals surface area (Å²) in [5.41, 5.74) is 2.48. The second kappa shape index (κ2) is 8.19. The Bertz CT molecular complexity index is 1470. The van der Waals surface area contributed by atoms with Gasteiger partial charge in [-0.1, -0.05) is 25.4 Å². The smallest absolute Gasteiger partial charge is 0.282 e. The molecule has 2 saturated heterocycles. The Balaban J connectivity index is 0.00000280. The molecule has 0 radical (unpaired) electrons. The van der Waals surface area contributed by atoms with Crippen LogP contribution in [0.3, 0.4) is 0 Å². The summed E-state index contributed by atoms with van der Waals surface area (Å²) in [5, 5.41) is 4.61. The second-order valence-electron chi connectivity index (χ2n) is 10.5. The van der Waals surface area contributed by atoms with Gasteiger partial charge in [0.2, 0.25) is 11.8 Å². The normalized spacial score (nSPS) is 23.1. The SMILES string of the molecule is Cc1cc(Cl)cc(-c2ncnn3cc(CN4C(=O)C5C(C4=O)C5(C)C)cc23)c1C(=O)N1CC(F)(F)C1.Cl. The van der Waals surface area contributed by atoms with Crippen molar-refractivity contribution in [2.45, 2.75) is 33.2 Å². The lowest BCUT2D eigenvalue weighted by Gasteiger charge is -2.39. The number of hydrogen-bond donors (Lipinski definition) is 0. The first-order valence-electron chi connectivity index (χ1n) is 11.5. The van der Waals surface area contributed by atoms with E-state index < -0.39 is 24.9 Å². The number of alkyl halides is 2. The van der Waals surface area contributed by atoms with Crippen LogP contribution in [0.4, 0.5) is 8.78 Å². The van der Waals surface area contributed by atoms with Crippen molar-refractivity contribution >= 4 is 47.2 Å². The van der Waals surface area contributed by atoms with Gasteiger partial charge in [0.05, 0.1) is 48.2 Å².